The number of amides is 3. The molecule has 0 aliphatic carbocycles. The van der Waals surface area contributed by atoms with E-state index in [4.69, 9.17) is 11.6 Å². The predicted molar refractivity (Wildman–Crippen MR) is 144 cm³/mol. The first-order valence-corrected chi connectivity index (χ1v) is 12.8. The topological polar surface area (TPSA) is 98.7 Å². The molecule has 0 spiro atoms. The second-order valence-electron chi connectivity index (χ2n) is 9.28. The van der Waals surface area contributed by atoms with Crippen molar-refractivity contribution >= 4 is 29.3 Å². The minimum atomic E-state index is -0.747. The molecule has 4 rings (SSSR count). The van der Waals surface area contributed by atoms with Gasteiger partial charge in [0.1, 0.15) is 11.6 Å². The van der Waals surface area contributed by atoms with E-state index in [1.165, 1.54) is 17.0 Å². The molecule has 0 unspecified atom stereocenters. The summed E-state index contributed by atoms with van der Waals surface area (Å²) in [4.78, 5) is 40.1. The van der Waals surface area contributed by atoms with E-state index in [2.05, 4.69) is 10.6 Å². The normalized spacial score (nSPS) is 15.2. The highest BCUT2D eigenvalue weighted by Gasteiger charge is 2.25. The second-order valence-corrected chi connectivity index (χ2v) is 9.65. The number of carbonyl (C=O) groups excluding carboxylic acids is 3. The third-order valence-corrected chi connectivity index (χ3v) is 6.98. The van der Waals surface area contributed by atoms with Gasteiger partial charge in [-0.1, -0.05) is 35.9 Å². The predicted octanol–water partition coefficient (Wildman–Crippen LogP) is 4.48. The number of nitrogens with zero attached hydrogens (tertiary/aromatic N) is 1. The van der Waals surface area contributed by atoms with E-state index in [1.54, 1.807) is 37.3 Å². The number of phenols is 1. The second kappa shape index (κ2) is 12.1. The van der Waals surface area contributed by atoms with E-state index < -0.39 is 11.7 Å². The molecular weight excluding hydrogens is 509 g/mol. The molecule has 0 atom stereocenters. The zero-order chi connectivity index (χ0) is 27.2. The Labute approximate surface area is 225 Å². The largest absolute Gasteiger partial charge is 0.507 e. The molecule has 1 aliphatic heterocycles. The molecule has 3 amide bonds. The lowest BCUT2D eigenvalue weighted by Crippen LogP contribution is -2.42. The van der Waals surface area contributed by atoms with E-state index in [0.29, 0.717) is 54.6 Å². The Balaban J connectivity index is 1.58. The summed E-state index contributed by atoms with van der Waals surface area (Å²) in [5.41, 5.74) is 2.92. The molecule has 7 nitrogen and oxygen atoms in total. The van der Waals surface area contributed by atoms with Crippen molar-refractivity contribution in [1.82, 2.24) is 15.5 Å². The number of fused-ring (bicyclic) bond motifs is 5. The number of rotatable bonds is 1. The molecule has 1 heterocycles. The lowest BCUT2D eigenvalue weighted by Gasteiger charge is -2.23. The fraction of sp³-hybridized carbons (Fsp3) is 0.276. The van der Waals surface area contributed by atoms with Gasteiger partial charge in [-0.25, -0.2) is 4.39 Å². The van der Waals surface area contributed by atoms with E-state index in [1.807, 2.05) is 12.1 Å². The quantitative estimate of drug-likeness (QED) is 0.426. The molecule has 1 aliphatic rings. The minimum Gasteiger partial charge on any atom is -0.507 e. The summed E-state index contributed by atoms with van der Waals surface area (Å²) in [7, 11) is 0. The molecule has 3 aromatic carbocycles. The Morgan fingerprint density at radius 1 is 1.00 bits per heavy atom. The summed E-state index contributed by atoms with van der Waals surface area (Å²) in [6, 6.07) is 14.9. The first-order valence-electron chi connectivity index (χ1n) is 12.5. The lowest BCUT2D eigenvalue weighted by atomic mass is 9.98. The van der Waals surface area contributed by atoms with Gasteiger partial charge in [-0.05, 0) is 73.2 Å². The first-order chi connectivity index (χ1) is 18.2. The standard InChI is InChI=1S/C29H29ClFN3O4/c1-18-7-9-23(31)26(27(18)30)29(38)34-14-3-2-12-33-28(37)21-6-4-5-20(16-21)22-15-19(8-10-24(22)35)11-13-32-25(36)17-34/h4-10,15-16,35H,2-3,11-14,17H2,1H3,(H,32,36)(H,33,37). The highest BCUT2D eigenvalue weighted by Crippen LogP contribution is 2.31. The summed E-state index contributed by atoms with van der Waals surface area (Å²) in [5, 5.41) is 16.1. The summed E-state index contributed by atoms with van der Waals surface area (Å²) in [5.74, 6) is -1.97. The van der Waals surface area contributed by atoms with Crippen LogP contribution in [0, 0.1) is 12.7 Å². The number of halogens is 2. The number of nitrogens with one attached hydrogen (secondary N) is 2. The average Bonchev–Trinajstić information content (AvgIpc) is 2.90. The van der Waals surface area contributed by atoms with Gasteiger partial charge in [-0.3, -0.25) is 14.4 Å². The van der Waals surface area contributed by atoms with Crippen LogP contribution in [-0.4, -0.2) is 53.9 Å². The number of hydrogen-bond donors (Lipinski definition) is 3. The Hall–Kier alpha value is -3.91. The van der Waals surface area contributed by atoms with Crippen LogP contribution in [0.25, 0.3) is 11.1 Å². The van der Waals surface area contributed by atoms with E-state index in [9.17, 15) is 23.9 Å². The average molecular weight is 538 g/mol. The van der Waals surface area contributed by atoms with Crippen molar-refractivity contribution in [2.45, 2.75) is 26.2 Å². The Bertz CT molecular complexity index is 1380. The van der Waals surface area contributed by atoms with Gasteiger partial charge in [-0.2, -0.15) is 0 Å². The zero-order valence-electron chi connectivity index (χ0n) is 21.0. The van der Waals surface area contributed by atoms with Crippen LogP contribution in [-0.2, 0) is 11.2 Å². The number of aromatic hydroxyl groups is 1. The molecular formula is C29H29ClFN3O4. The minimum absolute atomic E-state index is 0.0208. The molecule has 0 fully saturated rings. The van der Waals surface area contributed by atoms with Gasteiger partial charge in [0, 0.05) is 30.8 Å². The fourth-order valence-electron chi connectivity index (χ4n) is 4.37. The smallest absolute Gasteiger partial charge is 0.258 e. The van der Waals surface area contributed by atoms with Gasteiger partial charge < -0.3 is 20.6 Å². The van der Waals surface area contributed by atoms with Crippen LogP contribution in [0.15, 0.2) is 54.6 Å². The van der Waals surface area contributed by atoms with Crippen LogP contribution < -0.4 is 10.6 Å². The van der Waals surface area contributed by atoms with Crippen molar-refractivity contribution in [2.75, 3.05) is 26.2 Å². The van der Waals surface area contributed by atoms with Gasteiger partial charge in [0.15, 0.2) is 0 Å². The number of aryl methyl sites for hydroxylation is 1. The third kappa shape index (κ3) is 6.31. The van der Waals surface area contributed by atoms with Crippen LogP contribution in [0.1, 0.15) is 44.7 Å². The summed E-state index contributed by atoms with van der Waals surface area (Å²) in [6.07, 6.45) is 1.48. The number of benzene rings is 3. The monoisotopic (exact) mass is 537 g/mol. The van der Waals surface area contributed by atoms with Crippen LogP contribution in [0.5, 0.6) is 5.75 Å². The van der Waals surface area contributed by atoms with Gasteiger partial charge in [0.25, 0.3) is 11.8 Å². The molecule has 3 N–H and O–H groups in total. The molecule has 0 aromatic heterocycles. The van der Waals surface area contributed by atoms with Crippen LogP contribution in [0.3, 0.4) is 0 Å². The summed E-state index contributed by atoms with van der Waals surface area (Å²) < 4.78 is 14.6. The Kier molecular flexibility index (Phi) is 8.63. The highest BCUT2D eigenvalue weighted by atomic mass is 35.5. The summed E-state index contributed by atoms with van der Waals surface area (Å²) >= 11 is 6.26. The van der Waals surface area contributed by atoms with Crippen molar-refractivity contribution in [3.8, 4) is 16.9 Å². The van der Waals surface area contributed by atoms with Gasteiger partial charge in [0.05, 0.1) is 17.1 Å². The number of carbonyl (C=O) groups is 3. The lowest BCUT2D eigenvalue weighted by molar-refractivity contribution is -0.121. The van der Waals surface area contributed by atoms with Gasteiger partial charge >= 0.3 is 0 Å². The van der Waals surface area contributed by atoms with Crippen LogP contribution >= 0.6 is 11.6 Å². The molecule has 0 saturated heterocycles. The van der Waals surface area contributed by atoms with Crippen molar-refractivity contribution in [2.24, 2.45) is 0 Å². The maximum Gasteiger partial charge on any atom is 0.258 e. The van der Waals surface area contributed by atoms with Crippen LogP contribution in [0.4, 0.5) is 4.39 Å². The highest BCUT2D eigenvalue weighted by molar-refractivity contribution is 6.34. The molecule has 0 saturated carbocycles. The molecule has 3 aromatic rings. The number of phenolic OH excluding ortho intramolecular Hbond substituents is 1. The molecule has 38 heavy (non-hydrogen) atoms. The first kappa shape index (κ1) is 27.1. The number of hydrogen-bond acceptors (Lipinski definition) is 4. The Morgan fingerprint density at radius 2 is 1.79 bits per heavy atom. The maximum atomic E-state index is 14.6. The van der Waals surface area contributed by atoms with Crippen molar-refractivity contribution in [1.29, 1.82) is 0 Å². The fourth-order valence-corrected chi connectivity index (χ4v) is 4.60. The van der Waals surface area contributed by atoms with E-state index in [0.717, 1.165) is 5.56 Å². The molecule has 9 heteroatoms. The molecule has 198 valence electrons. The van der Waals surface area contributed by atoms with Gasteiger partial charge in [-0.15, -0.1) is 0 Å². The SMILES string of the molecule is Cc1ccc(F)c(C(=O)N2CCCCNC(=O)c3cccc(c3)-c3cc(ccc3O)CCNC(=O)C2)c1Cl. The third-order valence-electron chi connectivity index (χ3n) is 6.49. The Morgan fingerprint density at radius 3 is 2.61 bits per heavy atom. The van der Waals surface area contributed by atoms with Crippen molar-refractivity contribution in [3.05, 3.63) is 87.7 Å². The van der Waals surface area contributed by atoms with Gasteiger partial charge in [0.2, 0.25) is 5.91 Å². The molecule has 4 bridgehead atoms. The zero-order valence-corrected chi connectivity index (χ0v) is 21.8. The van der Waals surface area contributed by atoms with Crippen molar-refractivity contribution in [3.63, 3.8) is 0 Å². The molecule has 0 radical (unpaired) electrons. The van der Waals surface area contributed by atoms with Crippen LogP contribution in [0.2, 0.25) is 5.02 Å². The maximum absolute atomic E-state index is 14.6. The van der Waals surface area contributed by atoms with Crippen molar-refractivity contribution < 1.29 is 23.9 Å². The van der Waals surface area contributed by atoms with E-state index >= 15 is 0 Å². The summed E-state index contributed by atoms with van der Waals surface area (Å²) in [6.45, 7) is 2.24. The van der Waals surface area contributed by atoms with E-state index in [-0.39, 0.29) is 41.2 Å².